The van der Waals surface area contributed by atoms with Gasteiger partial charge in [-0.25, -0.2) is 9.37 Å². The molecule has 0 atom stereocenters. The predicted molar refractivity (Wildman–Crippen MR) is 112 cm³/mol. The molecular weight excluding hydrogens is 389 g/mol. The number of alkyl halides is 1. The van der Waals surface area contributed by atoms with Gasteiger partial charge in [-0.05, 0) is 42.7 Å². The largest absolute Gasteiger partial charge is 0.310 e. The molecule has 2 aliphatic rings. The second-order valence-corrected chi connectivity index (χ2v) is 9.43. The lowest BCUT2D eigenvalue weighted by Gasteiger charge is -2.58. The normalized spacial score (nSPS) is 18.6. The number of aromatic nitrogens is 3. The maximum Gasteiger partial charge on any atom is 0.228 e. The number of carbonyl (C=O) groups excluding carboxylic acids is 1. The van der Waals surface area contributed by atoms with Gasteiger partial charge in [0.15, 0.2) is 0 Å². The van der Waals surface area contributed by atoms with Crippen molar-refractivity contribution in [3.8, 4) is 10.6 Å². The molecule has 2 aromatic heterocycles. The Morgan fingerprint density at radius 2 is 2.10 bits per heavy atom. The number of nitrogens with one attached hydrogen (secondary N) is 1. The van der Waals surface area contributed by atoms with Crippen LogP contribution in [-0.4, -0.2) is 52.3 Å². The van der Waals surface area contributed by atoms with Crippen molar-refractivity contribution in [3.05, 3.63) is 35.5 Å². The summed E-state index contributed by atoms with van der Waals surface area (Å²) >= 11 is 1.56. The van der Waals surface area contributed by atoms with Crippen LogP contribution in [0.25, 0.3) is 21.3 Å². The van der Waals surface area contributed by atoms with E-state index in [4.69, 9.17) is 0 Å². The molecule has 0 unspecified atom stereocenters. The molecule has 0 radical (unpaired) electrons. The minimum Gasteiger partial charge on any atom is -0.310 e. The minimum absolute atomic E-state index is 0.0238. The fourth-order valence-corrected chi connectivity index (χ4v) is 5.28. The minimum atomic E-state index is -0.298. The van der Waals surface area contributed by atoms with Crippen molar-refractivity contribution in [3.63, 3.8) is 0 Å². The Morgan fingerprint density at radius 1 is 1.28 bits per heavy atom. The smallest absolute Gasteiger partial charge is 0.228 e. The molecule has 5 rings (SSSR count). The van der Waals surface area contributed by atoms with E-state index in [1.807, 2.05) is 25.1 Å². The highest BCUT2D eigenvalue weighted by molar-refractivity contribution is 7.14. The zero-order valence-corrected chi connectivity index (χ0v) is 17.0. The molecular formula is C21H22FN5OS. The van der Waals surface area contributed by atoms with Crippen molar-refractivity contribution in [1.29, 1.82) is 0 Å². The Kier molecular flexibility index (Phi) is 4.55. The Morgan fingerprint density at radius 3 is 2.83 bits per heavy atom. The fourth-order valence-electron chi connectivity index (χ4n) is 4.59. The molecule has 6 nitrogen and oxygen atoms in total. The van der Waals surface area contributed by atoms with E-state index in [1.54, 1.807) is 17.5 Å². The second kappa shape index (κ2) is 7.11. The zero-order valence-electron chi connectivity index (χ0n) is 16.2. The summed E-state index contributed by atoms with van der Waals surface area (Å²) in [5, 5.41) is 15.1. The van der Waals surface area contributed by atoms with E-state index in [9.17, 15) is 9.18 Å². The number of hydrogen-bond acceptors (Lipinski definition) is 6. The van der Waals surface area contributed by atoms with Gasteiger partial charge < -0.3 is 5.32 Å². The Balaban J connectivity index is 1.25. The van der Waals surface area contributed by atoms with E-state index < -0.39 is 0 Å². The van der Waals surface area contributed by atoms with Crippen molar-refractivity contribution in [2.24, 2.45) is 11.3 Å². The van der Waals surface area contributed by atoms with Gasteiger partial charge in [-0.15, -0.1) is 10.2 Å². The average molecular weight is 412 g/mol. The summed E-state index contributed by atoms with van der Waals surface area (Å²) in [4.78, 5) is 19.1. The quantitative estimate of drug-likeness (QED) is 0.693. The summed E-state index contributed by atoms with van der Waals surface area (Å²) in [7, 11) is 0. The third-order valence-electron chi connectivity index (χ3n) is 5.99. The number of pyridine rings is 1. The summed E-state index contributed by atoms with van der Waals surface area (Å²) < 4.78 is 12.4. The summed E-state index contributed by atoms with van der Waals surface area (Å²) in [5.41, 5.74) is 1.25. The lowest BCUT2D eigenvalue weighted by atomic mass is 9.57. The molecule has 1 N–H and O–H groups in total. The van der Waals surface area contributed by atoms with Crippen LogP contribution in [0.15, 0.2) is 30.5 Å². The number of carbonyl (C=O) groups is 1. The van der Waals surface area contributed by atoms with Crippen molar-refractivity contribution in [2.75, 3.05) is 31.6 Å². The van der Waals surface area contributed by atoms with Crippen molar-refractivity contribution in [2.45, 2.75) is 19.8 Å². The van der Waals surface area contributed by atoms with Crippen molar-refractivity contribution < 1.29 is 9.18 Å². The topological polar surface area (TPSA) is 71.0 Å². The molecule has 1 amide bonds. The molecule has 3 heterocycles. The van der Waals surface area contributed by atoms with E-state index in [1.165, 1.54) is 0 Å². The fraction of sp³-hybridized carbons (Fsp3) is 0.429. The van der Waals surface area contributed by atoms with Crippen LogP contribution in [-0.2, 0) is 4.79 Å². The van der Waals surface area contributed by atoms with Crippen LogP contribution in [0.5, 0.6) is 0 Å². The van der Waals surface area contributed by atoms with Gasteiger partial charge >= 0.3 is 0 Å². The van der Waals surface area contributed by atoms with Crippen molar-refractivity contribution in [1.82, 2.24) is 20.1 Å². The van der Waals surface area contributed by atoms with Gasteiger partial charge in [-0.2, -0.15) is 0 Å². The molecule has 1 aliphatic carbocycles. The van der Waals surface area contributed by atoms with Gasteiger partial charge in [0, 0.05) is 42.7 Å². The highest BCUT2D eigenvalue weighted by Gasteiger charge is 2.53. The second-order valence-electron chi connectivity index (χ2n) is 8.25. The third-order valence-corrected chi connectivity index (χ3v) is 6.88. The van der Waals surface area contributed by atoms with Gasteiger partial charge in [-0.3, -0.25) is 9.69 Å². The van der Waals surface area contributed by atoms with Crippen LogP contribution in [0.4, 0.5) is 10.2 Å². The zero-order chi connectivity index (χ0) is 20.0. The number of amides is 1. The van der Waals surface area contributed by atoms with Crippen LogP contribution in [0.3, 0.4) is 0 Å². The molecule has 150 valence electrons. The SMILES string of the molecule is Cc1nnc(-c2ccc3cnc(NC(=O)C4CC5(C4)CN(CCF)C5)cc3c2)s1. The lowest BCUT2D eigenvalue weighted by Crippen LogP contribution is -2.63. The summed E-state index contributed by atoms with van der Waals surface area (Å²) in [6, 6.07) is 7.99. The third kappa shape index (κ3) is 3.51. The number of fused-ring (bicyclic) bond motifs is 1. The first-order valence-corrected chi connectivity index (χ1v) is 10.6. The van der Waals surface area contributed by atoms with E-state index in [0.717, 1.165) is 52.3 Å². The Labute approximate surface area is 172 Å². The highest BCUT2D eigenvalue weighted by Crippen LogP contribution is 2.52. The predicted octanol–water partition coefficient (Wildman–Crippen LogP) is 3.68. The summed E-state index contributed by atoms with van der Waals surface area (Å²) in [5.74, 6) is 0.625. The summed E-state index contributed by atoms with van der Waals surface area (Å²) in [6.45, 7) is 3.99. The molecule has 2 fully saturated rings. The number of halogens is 1. The first-order valence-electron chi connectivity index (χ1n) is 9.83. The number of rotatable bonds is 5. The van der Waals surface area contributed by atoms with E-state index in [0.29, 0.717) is 12.4 Å². The molecule has 1 aromatic carbocycles. The molecule has 8 heteroatoms. The first kappa shape index (κ1) is 18.6. The number of anilines is 1. The van der Waals surface area contributed by atoms with Gasteiger partial charge in [0.25, 0.3) is 0 Å². The number of hydrogen-bond donors (Lipinski definition) is 1. The molecule has 1 saturated carbocycles. The highest BCUT2D eigenvalue weighted by atomic mass is 32.1. The van der Waals surface area contributed by atoms with Gasteiger partial charge in [-0.1, -0.05) is 23.5 Å². The van der Waals surface area contributed by atoms with Crippen LogP contribution in [0.2, 0.25) is 0 Å². The molecule has 1 aliphatic heterocycles. The number of aryl methyl sites for hydroxylation is 1. The Bertz CT molecular complexity index is 1070. The molecule has 3 aromatic rings. The lowest BCUT2D eigenvalue weighted by molar-refractivity contribution is -0.139. The van der Waals surface area contributed by atoms with E-state index in [-0.39, 0.29) is 23.9 Å². The monoisotopic (exact) mass is 411 g/mol. The molecule has 1 spiro atoms. The van der Waals surface area contributed by atoms with Crippen LogP contribution < -0.4 is 5.32 Å². The average Bonchev–Trinajstić information content (AvgIpc) is 3.08. The maximum absolute atomic E-state index is 12.6. The summed E-state index contributed by atoms with van der Waals surface area (Å²) in [6.07, 6.45) is 3.55. The van der Waals surface area contributed by atoms with Crippen LogP contribution in [0, 0.1) is 18.3 Å². The van der Waals surface area contributed by atoms with Crippen LogP contribution >= 0.6 is 11.3 Å². The molecule has 0 bridgehead atoms. The standard InChI is InChI=1S/C21H22FN5OS/c1-13-25-26-20(29-13)14-2-3-15-10-23-18(7-16(15)6-14)24-19(28)17-8-21(9-17)11-27(12-21)5-4-22/h2-3,6-7,10,17H,4-5,8-9,11-12H2,1H3,(H,23,24,28). The van der Waals surface area contributed by atoms with Crippen molar-refractivity contribution >= 4 is 33.8 Å². The maximum atomic E-state index is 12.6. The van der Waals surface area contributed by atoms with Crippen LogP contribution in [0.1, 0.15) is 17.8 Å². The number of nitrogens with zero attached hydrogens (tertiary/aromatic N) is 4. The van der Waals surface area contributed by atoms with Gasteiger partial charge in [0.2, 0.25) is 5.91 Å². The number of benzene rings is 1. The van der Waals surface area contributed by atoms with Gasteiger partial charge in [0.05, 0.1) is 0 Å². The Hall–Kier alpha value is -2.45. The molecule has 29 heavy (non-hydrogen) atoms. The van der Waals surface area contributed by atoms with Gasteiger partial charge in [0.1, 0.15) is 22.5 Å². The van der Waals surface area contributed by atoms with E-state index in [2.05, 4.69) is 31.5 Å². The molecule has 1 saturated heterocycles. The van der Waals surface area contributed by atoms with E-state index >= 15 is 0 Å². The first-order chi connectivity index (χ1) is 14.0. The number of likely N-dealkylation sites (tertiary alicyclic amines) is 1.